The lowest BCUT2D eigenvalue weighted by Crippen LogP contribution is -2.46. The number of nitrogens with zero attached hydrogens (tertiary/aromatic N) is 4. The van der Waals surface area contributed by atoms with E-state index >= 15 is 0 Å². The maximum Gasteiger partial charge on any atom is 0.352 e. The van der Waals surface area contributed by atoms with Crippen molar-refractivity contribution in [2.45, 2.75) is 26.3 Å². The first-order valence-electron chi connectivity index (χ1n) is 9.79. The lowest BCUT2D eigenvalue weighted by Gasteiger charge is -2.17. The largest absolute Gasteiger partial charge is 0.352 e. The number of amides is 1. The summed E-state index contributed by atoms with van der Waals surface area (Å²) in [6.07, 6.45) is 1.77. The average molecular weight is 425 g/mol. The maximum atomic E-state index is 13.2. The Balaban J connectivity index is 1.90. The molecule has 2 aromatic carbocycles. The predicted octanol–water partition coefficient (Wildman–Crippen LogP) is 2.64. The molecule has 2 heterocycles. The molecule has 1 aliphatic rings. The quantitative estimate of drug-likeness (QED) is 0.645. The molecule has 0 bridgehead atoms. The minimum atomic E-state index is -0.684. The molecule has 0 N–H and O–H groups in total. The van der Waals surface area contributed by atoms with Gasteiger partial charge in [-0.3, -0.25) is 14.2 Å². The lowest BCUT2D eigenvalue weighted by atomic mass is 10.1. The van der Waals surface area contributed by atoms with Gasteiger partial charge in [0, 0.05) is 18.1 Å². The van der Waals surface area contributed by atoms with Gasteiger partial charge in [0.15, 0.2) is 0 Å². The van der Waals surface area contributed by atoms with Crippen LogP contribution < -0.4 is 11.2 Å². The highest BCUT2D eigenvalue weighted by molar-refractivity contribution is 6.30. The van der Waals surface area contributed by atoms with Crippen molar-refractivity contribution in [3.8, 4) is 5.69 Å². The van der Waals surface area contributed by atoms with E-state index in [1.807, 2.05) is 31.2 Å². The molecular formula is C22H21ClN4O3. The summed E-state index contributed by atoms with van der Waals surface area (Å²) in [6, 6.07) is 14.1. The van der Waals surface area contributed by atoms with Crippen molar-refractivity contribution in [2.24, 2.45) is 0 Å². The standard InChI is InChI=1S/C22H21ClN4O3/c1-15-6-4-7-16(12-15)14-26-21(29)19(20(28)25-10-2-3-11-25)24-27(22(26)30)18-9-5-8-17(23)13-18/h4-9,12-13H,2-3,10-11,14H2,1H3. The van der Waals surface area contributed by atoms with Gasteiger partial charge in [-0.2, -0.15) is 9.78 Å². The molecule has 1 amide bonds. The molecule has 154 valence electrons. The Hall–Kier alpha value is -3.19. The van der Waals surface area contributed by atoms with Crippen LogP contribution in [-0.4, -0.2) is 38.2 Å². The third-order valence-electron chi connectivity index (χ3n) is 5.13. The topological polar surface area (TPSA) is 77.2 Å². The van der Waals surface area contributed by atoms with Crippen LogP contribution in [0.15, 0.2) is 58.1 Å². The minimum Gasteiger partial charge on any atom is -0.337 e. The normalized spacial score (nSPS) is 13.6. The third-order valence-corrected chi connectivity index (χ3v) is 5.37. The molecule has 3 aromatic rings. The second-order valence-corrected chi connectivity index (χ2v) is 7.84. The van der Waals surface area contributed by atoms with E-state index in [4.69, 9.17) is 11.6 Å². The van der Waals surface area contributed by atoms with E-state index in [-0.39, 0.29) is 12.2 Å². The van der Waals surface area contributed by atoms with Crippen LogP contribution in [0.25, 0.3) is 5.69 Å². The van der Waals surface area contributed by atoms with Gasteiger partial charge >= 0.3 is 5.69 Å². The van der Waals surface area contributed by atoms with Crippen LogP contribution >= 0.6 is 11.6 Å². The Morgan fingerprint density at radius 3 is 2.50 bits per heavy atom. The first-order valence-corrected chi connectivity index (χ1v) is 10.2. The van der Waals surface area contributed by atoms with Crippen LogP contribution in [0.5, 0.6) is 0 Å². The molecule has 1 aliphatic heterocycles. The van der Waals surface area contributed by atoms with Gasteiger partial charge < -0.3 is 4.90 Å². The summed E-state index contributed by atoms with van der Waals surface area (Å²) in [4.78, 5) is 40.9. The minimum absolute atomic E-state index is 0.0444. The summed E-state index contributed by atoms with van der Waals surface area (Å²) in [6.45, 7) is 3.14. The summed E-state index contributed by atoms with van der Waals surface area (Å²) in [5.74, 6) is -0.453. The Morgan fingerprint density at radius 1 is 1.07 bits per heavy atom. The van der Waals surface area contributed by atoms with E-state index in [9.17, 15) is 14.4 Å². The predicted molar refractivity (Wildman–Crippen MR) is 115 cm³/mol. The first kappa shape index (κ1) is 20.1. The van der Waals surface area contributed by atoms with Crippen LogP contribution in [-0.2, 0) is 6.54 Å². The lowest BCUT2D eigenvalue weighted by molar-refractivity contribution is 0.0781. The number of benzene rings is 2. The van der Waals surface area contributed by atoms with Crippen LogP contribution in [0.2, 0.25) is 5.02 Å². The van der Waals surface area contributed by atoms with Gasteiger partial charge in [-0.1, -0.05) is 47.5 Å². The van der Waals surface area contributed by atoms with E-state index in [2.05, 4.69) is 5.10 Å². The van der Waals surface area contributed by atoms with E-state index in [1.165, 1.54) is 0 Å². The monoisotopic (exact) mass is 424 g/mol. The number of hydrogen-bond donors (Lipinski definition) is 0. The number of aryl methyl sites for hydroxylation is 1. The zero-order valence-electron chi connectivity index (χ0n) is 16.5. The fourth-order valence-electron chi connectivity index (χ4n) is 3.63. The summed E-state index contributed by atoms with van der Waals surface area (Å²) >= 11 is 6.08. The van der Waals surface area contributed by atoms with Crippen LogP contribution in [0.4, 0.5) is 0 Å². The number of aromatic nitrogens is 3. The molecule has 0 unspecified atom stereocenters. The third kappa shape index (κ3) is 3.93. The molecule has 30 heavy (non-hydrogen) atoms. The summed E-state index contributed by atoms with van der Waals surface area (Å²) < 4.78 is 2.14. The van der Waals surface area contributed by atoms with E-state index < -0.39 is 17.2 Å². The second kappa shape index (κ2) is 8.28. The molecule has 1 fully saturated rings. The number of rotatable bonds is 4. The second-order valence-electron chi connectivity index (χ2n) is 7.40. The Bertz CT molecular complexity index is 1230. The van der Waals surface area contributed by atoms with Crippen molar-refractivity contribution in [2.75, 3.05) is 13.1 Å². The number of halogens is 1. The van der Waals surface area contributed by atoms with Crippen molar-refractivity contribution in [1.29, 1.82) is 0 Å². The highest BCUT2D eigenvalue weighted by Gasteiger charge is 2.26. The molecular weight excluding hydrogens is 404 g/mol. The molecule has 0 atom stereocenters. The number of hydrogen-bond acceptors (Lipinski definition) is 4. The molecule has 7 nitrogen and oxygen atoms in total. The smallest absolute Gasteiger partial charge is 0.337 e. The van der Waals surface area contributed by atoms with Crippen LogP contribution in [0.1, 0.15) is 34.5 Å². The Kier molecular flexibility index (Phi) is 5.55. The highest BCUT2D eigenvalue weighted by atomic mass is 35.5. The fourth-order valence-corrected chi connectivity index (χ4v) is 3.81. The van der Waals surface area contributed by atoms with Crippen LogP contribution in [0.3, 0.4) is 0 Å². The van der Waals surface area contributed by atoms with Gasteiger partial charge in [0.05, 0.1) is 12.2 Å². The number of likely N-dealkylation sites (tertiary alicyclic amines) is 1. The zero-order chi connectivity index (χ0) is 21.3. The zero-order valence-corrected chi connectivity index (χ0v) is 17.3. The number of carbonyl (C=O) groups excluding carboxylic acids is 1. The summed E-state index contributed by atoms with van der Waals surface area (Å²) in [5.41, 5.74) is 0.624. The van der Waals surface area contributed by atoms with Gasteiger partial charge in [-0.05, 0) is 43.5 Å². The summed E-state index contributed by atoms with van der Waals surface area (Å²) in [5, 5.41) is 4.59. The van der Waals surface area contributed by atoms with Crippen molar-refractivity contribution >= 4 is 17.5 Å². The first-order chi connectivity index (χ1) is 14.4. The van der Waals surface area contributed by atoms with Gasteiger partial charge in [-0.15, -0.1) is 0 Å². The SMILES string of the molecule is Cc1cccc(Cn2c(=O)c(C(=O)N3CCCC3)nn(-c3cccc(Cl)c3)c2=O)c1. The maximum absolute atomic E-state index is 13.2. The van der Waals surface area contributed by atoms with E-state index in [1.54, 1.807) is 29.2 Å². The molecule has 8 heteroatoms. The van der Waals surface area contributed by atoms with Crippen LogP contribution in [0, 0.1) is 6.92 Å². The van der Waals surface area contributed by atoms with Crippen molar-refractivity contribution in [1.82, 2.24) is 19.2 Å². The molecule has 0 spiro atoms. The molecule has 1 saturated heterocycles. The Labute approximate surface area is 178 Å². The van der Waals surface area contributed by atoms with E-state index in [0.29, 0.717) is 23.8 Å². The van der Waals surface area contributed by atoms with Gasteiger partial charge in [0.2, 0.25) is 5.69 Å². The molecule has 1 aromatic heterocycles. The van der Waals surface area contributed by atoms with Gasteiger partial charge in [0.25, 0.3) is 11.5 Å². The summed E-state index contributed by atoms with van der Waals surface area (Å²) in [7, 11) is 0. The molecule has 0 aliphatic carbocycles. The molecule has 4 rings (SSSR count). The highest BCUT2D eigenvalue weighted by Crippen LogP contribution is 2.14. The van der Waals surface area contributed by atoms with Crippen molar-refractivity contribution < 1.29 is 4.79 Å². The molecule has 0 radical (unpaired) electrons. The van der Waals surface area contributed by atoms with Crippen molar-refractivity contribution in [3.63, 3.8) is 0 Å². The van der Waals surface area contributed by atoms with Gasteiger partial charge in [-0.25, -0.2) is 4.79 Å². The number of carbonyl (C=O) groups is 1. The van der Waals surface area contributed by atoms with Gasteiger partial charge in [0.1, 0.15) is 0 Å². The van der Waals surface area contributed by atoms with Crippen molar-refractivity contribution in [3.05, 3.63) is 91.2 Å². The average Bonchev–Trinajstić information content (AvgIpc) is 3.26. The Morgan fingerprint density at radius 2 is 1.80 bits per heavy atom. The fraction of sp³-hybridized carbons (Fsp3) is 0.273. The molecule has 0 saturated carbocycles. The van der Waals surface area contributed by atoms with E-state index in [0.717, 1.165) is 33.2 Å².